The fourth-order valence-electron chi connectivity index (χ4n) is 4.52. The third-order valence-corrected chi connectivity index (χ3v) is 8.62. The minimum atomic E-state index is -1.11. The predicted molar refractivity (Wildman–Crippen MR) is 160 cm³/mol. The first-order chi connectivity index (χ1) is 20.8. The molecule has 1 N–H and O–H groups in total. The van der Waals surface area contributed by atoms with Crippen molar-refractivity contribution in [1.82, 2.24) is 10.2 Å². The summed E-state index contributed by atoms with van der Waals surface area (Å²) in [5.74, 6) is -2.01. The van der Waals surface area contributed by atoms with Gasteiger partial charge in [-0.25, -0.2) is 8.78 Å². The third kappa shape index (κ3) is 6.40. The number of aliphatic hydroxyl groups excluding tert-OH is 1. The van der Waals surface area contributed by atoms with E-state index in [1.54, 1.807) is 36.4 Å². The molecule has 1 aliphatic rings. The monoisotopic (exact) mass is 623 g/mol. The number of carbonyl (C=O) groups is 2. The standard InChI is InChI=1S/C31H27F2N3O5S2/c1-3-15-41-23-14-11-19(16-24(23)40-4-2)26-25(27(37)18-9-12-21(32)13-10-18)28(38)29(39)36(26)30-34-35-31(43-30)42-17-20-7-5-6-8-22(20)33/h5-14,16,26,37H,3-4,15,17H2,1-2H3. The first-order valence-electron chi connectivity index (χ1n) is 13.5. The molecular formula is C31H27F2N3O5S2. The number of anilines is 1. The summed E-state index contributed by atoms with van der Waals surface area (Å²) >= 11 is 2.30. The van der Waals surface area contributed by atoms with Crippen LogP contribution in [0.2, 0.25) is 0 Å². The molecule has 0 spiro atoms. The minimum absolute atomic E-state index is 0.116. The minimum Gasteiger partial charge on any atom is -0.507 e. The fraction of sp³-hybridized carbons (Fsp3) is 0.226. The molecule has 1 saturated heterocycles. The second-order valence-electron chi connectivity index (χ2n) is 9.39. The number of aliphatic hydroxyl groups is 1. The van der Waals surface area contributed by atoms with E-state index in [-0.39, 0.29) is 27.8 Å². The number of halogens is 2. The Bertz CT molecular complexity index is 1680. The molecule has 1 aromatic heterocycles. The summed E-state index contributed by atoms with van der Waals surface area (Å²) in [6.45, 7) is 4.59. The number of benzene rings is 3. The first kappa shape index (κ1) is 30.2. The van der Waals surface area contributed by atoms with Gasteiger partial charge in [0.05, 0.1) is 24.8 Å². The summed E-state index contributed by atoms with van der Waals surface area (Å²) in [7, 11) is 0. The number of amides is 1. The molecule has 12 heteroatoms. The molecule has 5 rings (SSSR count). The molecule has 8 nitrogen and oxygen atoms in total. The number of carbonyl (C=O) groups excluding carboxylic acids is 2. The van der Waals surface area contributed by atoms with Crippen molar-refractivity contribution in [3.63, 3.8) is 0 Å². The Kier molecular flexibility index (Phi) is 9.37. The highest BCUT2D eigenvalue weighted by Gasteiger charge is 2.48. The molecule has 1 fully saturated rings. The van der Waals surface area contributed by atoms with E-state index in [1.165, 1.54) is 34.9 Å². The molecule has 0 bridgehead atoms. The zero-order chi connectivity index (χ0) is 30.5. The number of hydrogen-bond donors (Lipinski definition) is 1. The summed E-state index contributed by atoms with van der Waals surface area (Å²) in [6.07, 6.45) is 0.777. The van der Waals surface area contributed by atoms with Crippen molar-refractivity contribution in [2.75, 3.05) is 18.1 Å². The summed E-state index contributed by atoms with van der Waals surface area (Å²) < 4.78 is 39.9. The van der Waals surface area contributed by atoms with Crippen molar-refractivity contribution >= 4 is 45.7 Å². The Morgan fingerprint density at radius 1 is 1.00 bits per heavy atom. The molecule has 2 heterocycles. The molecule has 0 aliphatic carbocycles. The maximum Gasteiger partial charge on any atom is 0.301 e. The van der Waals surface area contributed by atoms with Gasteiger partial charge in [-0.05, 0) is 66.9 Å². The van der Waals surface area contributed by atoms with Crippen molar-refractivity contribution < 1.29 is 33.0 Å². The lowest BCUT2D eigenvalue weighted by Crippen LogP contribution is -2.29. The van der Waals surface area contributed by atoms with Crippen molar-refractivity contribution in [1.29, 1.82) is 0 Å². The normalized spacial score (nSPS) is 16.1. The highest BCUT2D eigenvalue weighted by molar-refractivity contribution is 8.00. The van der Waals surface area contributed by atoms with Gasteiger partial charge < -0.3 is 14.6 Å². The number of rotatable bonds is 11. The van der Waals surface area contributed by atoms with Gasteiger partial charge in [-0.15, -0.1) is 10.2 Å². The van der Waals surface area contributed by atoms with Crippen LogP contribution in [0.4, 0.5) is 13.9 Å². The number of ketones is 1. The lowest BCUT2D eigenvalue weighted by molar-refractivity contribution is -0.132. The van der Waals surface area contributed by atoms with Gasteiger partial charge in [0.1, 0.15) is 17.4 Å². The molecule has 1 atom stereocenters. The lowest BCUT2D eigenvalue weighted by atomic mass is 9.95. The van der Waals surface area contributed by atoms with E-state index in [4.69, 9.17) is 9.47 Å². The molecule has 1 unspecified atom stereocenters. The van der Waals surface area contributed by atoms with E-state index in [0.717, 1.165) is 29.9 Å². The van der Waals surface area contributed by atoms with Gasteiger partial charge in [0.15, 0.2) is 15.8 Å². The van der Waals surface area contributed by atoms with Crippen molar-refractivity contribution in [3.8, 4) is 11.5 Å². The van der Waals surface area contributed by atoms with Gasteiger partial charge >= 0.3 is 5.91 Å². The molecule has 0 saturated carbocycles. The molecule has 43 heavy (non-hydrogen) atoms. The Morgan fingerprint density at radius 3 is 2.49 bits per heavy atom. The van der Waals surface area contributed by atoms with Gasteiger partial charge in [0, 0.05) is 11.3 Å². The van der Waals surface area contributed by atoms with Crippen LogP contribution in [0.25, 0.3) is 5.76 Å². The van der Waals surface area contributed by atoms with E-state index in [9.17, 15) is 23.5 Å². The number of Topliss-reactive ketones (excluding diaryl/α,β-unsaturated/α-hetero) is 1. The maximum absolute atomic E-state index is 14.1. The van der Waals surface area contributed by atoms with Crippen LogP contribution in [-0.2, 0) is 15.3 Å². The highest BCUT2D eigenvalue weighted by Crippen LogP contribution is 2.45. The Balaban J connectivity index is 1.58. The third-order valence-electron chi connectivity index (χ3n) is 6.52. The van der Waals surface area contributed by atoms with Gasteiger partial charge in [-0.2, -0.15) is 0 Å². The van der Waals surface area contributed by atoms with E-state index >= 15 is 0 Å². The van der Waals surface area contributed by atoms with E-state index < -0.39 is 29.3 Å². The highest BCUT2D eigenvalue weighted by atomic mass is 32.2. The second-order valence-corrected chi connectivity index (χ2v) is 11.6. The molecule has 0 radical (unpaired) electrons. The lowest BCUT2D eigenvalue weighted by Gasteiger charge is -2.23. The van der Waals surface area contributed by atoms with Crippen LogP contribution in [0.3, 0.4) is 0 Å². The fourth-order valence-corrected chi connectivity index (χ4v) is 6.37. The van der Waals surface area contributed by atoms with Crippen molar-refractivity contribution in [2.24, 2.45) is 0 Å². The van der Waals surface area contributed by atoms with E-state index in [1.807, 2.05) is 13.8 Å². The maximum atomic E-state index is 14.1. The van der Waals surface area contributed by atoms with Gasteiger partial charge in [0.2, 0.25) is 5.13 Å². The number of ether oxygens (including phenoxy) is 2. The second kappa shape index (κ2) is 13.3. The SMILES string of the molecule is CCCOc1ccc(C2C(=C(O)c3ccc(F)cc3)C(=O)C(=O)N2c2nnc(SCc3ccccc3F)s2)cc1OCC. The molecule has 1 aliphatic heterocycles. The summed E-state index contributed by atoms with van der Waals surface area (Å²) in [5, 5.41) is 19.8. The summed E-state index contributed by atoms with van der Waals surface area (Å²) in [5.41, 5.74) is 0.900. The van der Waals surface area contributed by atoms with Gasteiger partial charge in [-0.3, -0.25) is 14.5 Å². The van der Waals surface area contributed by atoms with Crippen LogP contribution in [0.5, 0.6) is 11.5 Å². The topological polar surface area (TPSA) is 102 Å². The average molecular weight is 624 g/mol. The Morgan fingerprint density at radius 2 is 1.77 bits per heavy atom. The first-order valence-corrected chi connectivity index (χ1v) is 15.3. The Labute approximate surface area is 255 Å². The Hall–Kier alpha value is -4.29. The molecular weight excluding hydrogens is 596 g/mol. The zero-order valence-corrected chi connectivity index (χ0v) is 24.9. The quantitative estimate of drug-likeness (QED) is 0.0632. The van der Waals surface area contributed by atoms with Crippen LogP contribution in [-0.4, -0.2) is 40.2 Å². The van der Waals surface area contributed by atoms with Crippen LogP contribution in [0.15, 0.2) is 76.6 Å². The average Bonchev–Trinajstić information content (AvgIpc) is 3.58. The smallest absolute Gasteiger partial charge is 0.301 e. The summed E-state index contributed by atoms with van der Waals surface area (Å²) in [6, 6.07) is 15.2. The largest absolute Gasteiger partial charge is 0.507 e. The molecule has 4 aromatic rings. The van der Waals surface area contributed by atoms with Crippen LogP contribution in [0.1, 0.15) is 43.0 Å². The van der Waals surface area contributed by atoms with Crippen molar-refractivity contribution in [2.45, 2.75) is 36.4 Å². The molecule has 222 valence electrons. The van der Waals surface area contributed by atoms with Gasteiger partial charge in [0.25, 0.3) is 5.78 Å². The van der Waals surface area contributed by atoms with E-state index in [2.05, 4.69) is 10.2 Å². The van der Waals surface area contributed by atoms with Gasteiger partial charge in [-0.1, -0.05) is 54.3 Å². The van der Waals surface area contributed by atoms with Crippen LogP contribution >= 0.6 is 23.1 Å². The summed E-state index contributed by atoms with van der Waals surface area (Å²) in [4.78, 5) is 28.2. The van der Waals surface area contributed by atoms with E-state index in [0.29, 0.717) is 40.2 Å². The van der Waals surface area contributed by atoms with Crippen LogP contribution in [0, 0.1) is 11.6 Å². The molecule has 3 aromatic carbocycles. The number of aromatic nitrogens is 2. The number of nitrogens with zero attached hydrogens (tertiary/aromatic N) is 3. The zero-order valence-electron chi connectivity index (χ0n) is 23.3. The number of thioether (sulfide) groups is 1. The number of hydrogen-bond acceptors (Lipinski definition) is 9. The van der Waals surface area contributed by atoms with Crippen molar-refractivity contribution in [3.05, 3.63) is 101 Å². The predicted octanol–water partition coefficient (Wildman–Crippen LogP) is 6.92. The molecule has 1 amide bonds. The van der Waals surface area contributed by atoms with Crippen LogP contribution < -0.4 is 14.4 Å².